The molecule has 112 valence electrons. The predicted molar refractivity (Wildman–Crippen MR) is 81.9 cm³/mol. The van der Waals surface area contributed by atoms with Crippen LogP contribution in [-0.2, 0) is 0 Å². The highest BCUT2D eigenvalue weighted by Crippen LogP contribution is 2.38. The minimum absolute atomic E-state index is 0.0190. The van der Waals surface area contributed by atoms with Crippen LogP contribution in [0.5, 0.6) is 0 Å². The number of hydrogen-bond acceptors (Lipinski definition) is 3. The van der Waals surface area contributed by atoms with Gasteiger partial charge in [-0.1, -0.05) is 32.8 Å². The van der Waals surface area contributed by atoms with Crippen molar-refractivity contribution in [2.45, 2.75) is 45.6 Å². The summed E-state index contributed by atoms with van der Waals surface area (Å²) in [6.45, 7) is 4.35. The molecule has 2 amide bonds. The van der Waals surface area contributed by atoms with Gasteiger partial charge in [-0.2, -0.15) is 0 Å². The van der Waals surface area contributed by atoms with Crippen molar-refractivity contribution in [3.8, 4) is 0 Å². The molecule has 2 atom stereocenters. The minimum atomic E-state index is -0.203. The second kappa shape index (κ2) is 5.17. The molecule has 1 saturated carbocycles. The Morgan fingerprint density at radius 1 is 1.14 bits per heavy atom. The number of benzene rings is 1. The van der Waals surface area contributed by atoms with E-state index in [1.54, 1.807) is 18.2 Å². The molecule has 2 aliphatic rings. The van der Waals surface area contributed by atoms with Gasteiger partial charge in [0.2, 0.25) is 0 Å². The first-order chi connectivity index (χ1) is 10.0. The third-order valence-corrected chi connectivity index (χ3v) is 4.95. The van der Waals surface area contributed by atoms with Gasteiger partial charge >= 0.3 is 0 Å². The fourth-order valence-electron chi connectivity index (χ4n) is 3.87. The molecule has 0 radical (unpaired) electrons. The van der Waals surface area contributed by atoms with E-state index in [4.69, 9.17) is 5.73 Å². The van der Waals surface area contributed by atoms with Gasteiger partial charge in [-0.15, -0.1) is 0 Å². The zero-order chi connectivity index (χ0) is 15.1. The molecule has 0 aromatic heterocycles. The number of nitrogen functional groups attached to an aromatic ring is 1. The summed E-state index contributed by atoms with van der Waals surface area (Å²) in [6, 6.07) is 5.16. The Morgan fingerprint density at radius 3 is 2.52 bits per heavy atom. The molecule has 2 N–H and O–H groups in total. The third kappa shape index (κ3) is 2.13. The molecule has 1 heterocycles. The Labute approximate surface area is 125 Å². The van der Waals surface area contributed by atoms with E-state index in [1.807, 2.05) is 0 Å². The quantitative estimate of drug-likeness (QED) is 0.671. The van der Waals surface area contributed by atoms with Gasteiger partial charge < -0.3 is 5.73 Å². The molecule has 1 aromatic carbocycles. The molecule has 0 bridgehead atoms. The number of fused-ring (bicyclic) bond motifs is 1. The smallest absolute Gasteiger partial charge is 0.263 e. The summed E-state index contributed by atoms with van der Waals surface area (Å²) < 4.78 is 0. The Morgan fingerprint density at radius 2 is 1.86 bits per heavy atom. The van der Waals surface area contributed by atoms with Gasteiger partial charge in [0.25, 0.3) is 11.8 Å². The number of carbonyl (C=O) groups is 2. The van der Waals surface area contributed by atoms with Crippen LogP contribution in [0.25, 0.3) is 0 Å². The van der Waals surface area contributed by atoms with Gasteiger partial charge in [0.1, 0.15) is 0 Å². The average Bonchev–Trinajstić information content (AvgIpc) is 2.72. The lowest BCUT2D eigenvalue weighted by molar-refractivity contribution is 0.0424. The summed E-state index contributed by atoms with van der Waals surface area (Å²) in [7, 11) is 0. The Kier molecular flexibility index (Phi) is 3.47. The standard InChI is InChI=1S/C17H22N2O2/c1-10(2)11-6-3-4-9-14(11)19-16(20)12-7-5-8-13(18)15(12)17(19)21/h5,7-8,10-11,14H,3-4,6,9,18H2,1-2H3. The highest BCUT2D eigenvalue weighted by atomic mass is 16.2. The van der Waals surface area contributed by atoms with Crippen LogP contribution in [-0.4, -0.2) is 22.8 Å². The SMILES string of the molecule is CC(C)C1CCCCC1N1C(=O)c2cccc(N)c2C1=O. The number of nitrogens with zero attached hydrogens (tertiary/aromatic N) is 1. The van der Waals surface area contributed by atoms with Crippen LogP contribution < -0.4 is 5.73 Å². The van der Waals surface area contributed by atoms with Gasteiger partial charge in [-0.05, 0) is 36.8 Å². The molecular weight excluding hydrogens is 264 g/mol. The van der Waals surface area contributed by atoms with Crippen molar-refractivity contribution in [3.63, 3.8) is 0 Å². The fraction of sp³-hybridized carbons (Fsp3) is 0.529. The third-order valence-electron chi connectivity index (χ3n) is 4.95. The van der Waals surface area contributed by atoms with E-state index in [2.05, 4.69) is 13.8 Å². The van der Waals surface area contributed by atoms with Crippen LogP contribution in [0.15, 0.2) is 18.2 Å². The van der Waals surface area contributed by atoms with Crippen LogP contribution in [0, 0.1) is 11.8 Å². The molecule has 4 heteroatoms. The van der Waals surface area contributed by atoms with Crippen molar-refractivity contribution >= 4 is 17.5 Å². The average molecular weight is 286 g/mol. The van der Waals surface area contributed by atoms with Crippen LogP contribution in [0.3, 0.4) is 0 Å². The maximum Gasteiger partial charge on any atom is 0.263 e. The minimum Gasteiger partial charge on any atom is -0.398 e. The summed E-state index contributed by atoms with van der Waals surface area (Å²) in [6.07, 6.45) is 4.26. The topological polar surface area (TPSA) is 63.4 Å². The highest BCUT2D eigenvalue weighted by Gasteiger charge is 2.44. The molecule has 1 aromatic rings. The van der Waals surface area contributed by atoms with Crippen molar-refractivity contribution in [2.75, 3.05) is 5.73 Å². The van der Waals surface area contributed by atoms with Gasteiger partial charge in [0, 0.05) is 11.7 Å². The van der Waals surface area contributed by atoms with E-state index in [0.29, 0.717) is 28.7 Å². The van der Waals surface area contributed by atoms with Crippen LogP contribution in [0.4, 0.5) is 5.69 Å². The van der Waals surface area contributed by atoms with Gasteiger partial charge in [0.05, 0.1) is 11.1 Å². The summed E-state index contributed by atoms with van der Waals surface area (Å²) in [4.78, 5) is 26.9. The Balaban J connectivity index is 1.99. The van der Waals surface area contributed by atoms with E-state index in [1.165, 1.54) is 11.3 Å². The van der Waals surface area contributed by atoms with Crippen molar-refractivity contribution in [1.82, 2.24) is 4.90 Å². The Bertz CT molecular complexity index is 594. The molecule has 1 fully saturated rings. The molecule has 2 unspecified atom stereocenters. The second-order valence-electron chi connectivity index (χ2n) is 6.51. The fourth-order valence-corrected chi connectivity index (χ4v) is 3.87. The molecule has 0 spiro atoms. The maximum absolute atomic E-state index is 12.7. The first-order valence-electron chi connectivity index (χ1n) is 7.78. The molecule has 1 aliphatic carbocycles. The first-order valence-corrected chi connectivity index (χ1v) is 7.78. The van der Waals surface area contributed by atoms with Gasteiger partial charge in [-0.25, -0.2) is 0 Å². The summed E-state index contributed by atoms with van der Waals surface area (Å²) in [5.74, 6) is 0.490. The Hall–Kier alpha value is -1.84. The summed E-state index contributed by atoms with van der Waals surface area (Å²) >= 11 is 0. The molecular formula is C17H22N2O2. The van der Waals surface area contributed by atoms with E-state index in [9.17, 15) is 9.59 Å². The molecule has 21 heavy (non-hydrogen) atoms. The molecule has 1 aliphatic heterocycles. The van der Waals surface area contributed by atoms with Crippen molar-refractivity contribution in [1.29, 1.82) is 0 Å². The molecule has 3 rings (SSSR count). The summed E-state index contributed by atoms with van der Waals surface area (Å²) in [5.41, 5.74) is 7.18. The normalized spacial score (nSPS) is 25.6. The number of imide groups is 1. The maximum atomic E-state index is 12.7. The number of carbonyl (C=O) groups excluding carboxylic acids is 2. The van der Waals surface area contributed by atoms with E-state index in [-0.39, 0.29) is 17.9 Å². The largest absolute Gasteiger partial charge is 0.398 e. The lowest BCUT2D eigenvalue weighted by Crippen LogP contribution is -2.47. The van der Waals surface area contributed by atoms with Gasteiger partial charge in [-0.3, -0.25) is 14.5 Å². The number of rotatable bonds is 2. The molecule has 4 nitrogen and oxygen atoms in total. The predicted octanol–water partition coefficient (Wildman–Crippen LogP) is 3.08. The van der Waals surface area contributed by atoms with E-state index < -0.39 is 0 Å². The number of nitrogens with two attached hydrogens (primary N) is 1. The lowest BCUT2D eigenvalue weighted by atomic mass is 9.77. The van der Waals surface area contributed by atoms with E-state index >= 15 is 0 Å². The summed E-state index contributed by atoms with van der Waals surface area (Å²) in [5, 5.41) is 0. The van der Waals surface area contributed by atoms with Gasteiger partial charge in [0.15, 0.2) is 0 Å². The number of hydrogen-bond donors (Lipinski definition) is 1. The number of amides is 2. The van der Waals surface area contributed by atoms with Crippen LogP contribution in [0.2, 0.25) is 0 Å². The van der Waals surface area contributed by atoms with Crippen molar-refractivity contribution in [3.05, 3.63) is 29.3 Å². The molecule has 0 saturated heterocycles. The second-order valence-corrected chi connectivity index (χ2v) is 6.51. The zero-order valence-electron chi connectivity index (χ0n) is 12.6. The van der Waals surface area contributed by atoms with Crippen molar-refractivity contribution in [2.24, 2.45) is 11.8 Å². The van der Waals surface area contributed by atoms with E-state index in [0.717, 1.165) is 19.3 Å². The highest BCUT2D eigenvalue weighted by molar-refractivity contribution is 6.23. The van der Waals surface area contributed by atoms with Crippen molar-refractivity contribution < 1.29 is 9.59 Å². The van der Waals surface area contributed by atoms with Crippen LogP contribution in [0.1, 0.15) is 60.2 Å². The first kappa shape index (κ1) is 14.1. The lowest BCUT2D eigenvalue weighted by Gasteiger charge is -2.39. The zero-order valence-corrected chi connectivity index (χ0v) is 12.6. The van der Waals surface area contributed by atoms with Crippen LogP contribution >= 0.6 is 0 Å². The monoisotopic (exact) mass is 286 g/mol. The number of anilines is 1.